The van der Waals surface area contributed by atoms with Gasteiger partial charge in [0.25, 0.3) is 0 Å². The van der Waals surface area contributed by atoms with Crippen molar-refractivity contribution in [3.63, 3.8) is 0 Å². The topological polar surface area (TPSA) is 21.3 Å². The maximum absolute atomic E-state index is 7.10. The largest absolute Gasteiger partial charge is 0.416 e. The van der Waals surface area contributed by atoms with Gasteiger partial charge in [-0.25, -0.2) is 0 Å². The van der Waals surface area contributed by atoms with Crippen LogP contribution in [-0.4, -0.2) is 18.7 Å². The Labute approximate surface area is 187 Å². The molecule has 1 heterocycles. The number of benzene rings is 3. The van der Waals surface area contributed by atoms with Crippen LogP contribution in [0, 0.1) is 5.92 Å². The first kappa shape index (κ1) is 20.5. The molecular formula is C28H32BNO. The Kier molecular flexibility index (Phi) is 6.24. The minimum Gasteiger partial charge on any atom is -0.410 e. The van der Waals surface area contributed by atoms with Crippen LogP contribution in [0.25, 0.3) is 0 Å². The first-order chi connectivity index (χ1) is 15.3. The molecule has 5 rings (SSSR count). The molecule has 1 unspecified atom stereocenters. The highest BCUT2D eigenvalue weighted by Crippen LogP contribution is 2.40. The van der Waals surface area contributed by atoms with E-state index in [4.69, 9.17) is 4.65 Å². The second kappa shape index (κ2) is 9.42. The fourth-order valence-electron chi connectivity index (χ4n) is 5.73. The quantitative estimate of drug-likeness (QED) is 0.567. The minimum absolute atomic E-state index is 0.0550. The highest BCUT2D eigenvalue weighted by molar-refractivity contribution is 6.65. The lowest BCUT2D eigenvalue weighted by molar-refractivity contribution is 0.0417. The van der Waals surface area contributed by atoms with E-state index in [-0.39, 0.29) is 12.7 Å². The van der Waals surface area contributed by atoms with Gasteiger partial charge in [-0.1, -0.05) is 110 Å². The maximum Gasteiger partial charge on any atom is 0.416 e. The van der Waals surface area contributed by atoms with Gasteiger partial charge in [0.1, 0.15) is 0 Å². The van der Waals surface area contributed by atoms with Gasteiger partial charge in [0, 0.05) is 18.9 Å². The molecule has 1 saturated heterocycles. The van der Waals surface area contributed by atoms with E-state index >= 15 is 0 Å². The van der Waals surface area contributed by atoms with E-state index in [0.717, 1.165) is 12.8 Å². The van der Waals surface area contributed by atoms with Crippen LogP contribution in [0.1, 0.15) is 43.2 Å². The molecular weight excluding hydrogens is 377 g/mol. The van der Waals surface area contributed by atoms with Crippen molar-refractivity contribution in [2.24, 2.45) is 5.92 Å². The number of hydrogen-bond acceptors (Lipinski definition) is 2. The van der Waals surface area contributed by atoms with Crippen LogP contribution in [0.2, 0.25) is 0 Å². The Bertz CT molecular complexity index is 899. The molecule has 0 amide bonds. The molecule has 2 fully saturated rings. The van der Waals surface area contributed by atoms with Gasteiger partial charge in [0.15, 0.2) is 0 Å². The standard InChI is InChI=1S/C28H32BNO/c1-5-13-23(14-6-1)21-28(22-24-15-7-2-8-16-24)27(25-17-9-3-10-18-25)30-29(31-28)26-19-11-4-12-20-26/h1-2,4-8,11-16,19-20,25,27,30H,3,9-10,17-18,21-22H2. The van der Waals surface area contributed by atoms with Gasteiger partial charge in [0.05, 0.1) is 5.60 Å². The van der Waals surface area contributed by atoms with Crippen LogP contribution in [0.3, 0.4) is 0 Å². The summed E-state index contributed by atoms with van der Waals surface area (Å²) in [5, 5.41) is 3.99. The lowest BCUT2D eigenvalue weighted by Gasteiger charge is -2.41. The summed E-state index contributed by atoms with van der Waals surface area (Å²) in [5.74, 6) is 0.662. The first-order valence-corrected chi connectivity index (χ1v) is 11.9. The molecule has 0 aromatic heterocycles. The molecule has 2 aliphatic rings. The number of rotatable bonds is 6. The van der Waals surface area contributed by atoms with Crippen molar-refractivity contribution in [3.05, 3.63) is 102 Å². The van der Waals surface area contributed by atoms with Crippen LogP contribution in [0.15, 0.2) is 91.0 Å². The Morgan fingerprint density at radius 3 is 1.77 bits per heavy atom. The van der Waals surface area contributed by atoms with Crippen LogP contribution >= 0.6 is 0 Å². The summed E-state index contributed by atoms with van der Waals surface area (Å²) in [6, 6.07) is 32.9. The zero-order valence-corrected chi connectivity index (χ0v) is 18.3. The normalized spacial score (nSPS) is 21.3. The smallest absolute Gasteiger partial charge is 0.410 e. The van der Waals surface area contributed by atoms with Gasteiger partial charge >= 0.3 is 7.05 Å². The molecule has 2 nitrogen and oxygen atoms in total. The molecule has 0 spiro atoms. The minimum atomic E-state index is -0.259. The lowest BCUT2D eigenvalue weighted by atomic mass is 9.71. The fraction of sp³-hybridized carbons (Fsp3) is 0.357. The van der Waals surface area contributed by atoms with Crippen LogP contribution in [0.5, 0.6) is 0 Å². The van der Waals surface area contributed by atoms with Crippen molar-refractivity contribution in [3.8, 4) is 0 Å². The van der Waals surface area contributed by atoms with Gasteiger partial charge in [-0.05, 0) is 35.3 Å². The Balaban J connectivity index is 1.54. The molecule has 1 aliphatic heterocycles. The molecule has 0 bridgehead atoms. The summed E-state index contributed by atoms with van der Waals surface area (Å²) < 4.78 is 7.10. The van der Waals surface area contributed by atoms with Gasteiger partial charge in [0.2, 0.25) is 0 Å². The predicted octanol–water partition coefficient (Wildman–Crippen LogP) is 5.17. The summed E-state index contributed by atoms with van der Waals surface area (Å²) in [6.45, 7) is 0. The number of hydrogen-bond donors (Lipinski definition) is 1. The third kappa shape index (κ3) is 4.63. The Morgan fingerprint density at radius 2 is 1.23 bits per heavy atom. The SMILES string of the molecule is c1ccc(CC2(Cc3ccccc3)OB(c3ccccc3)NC2C2CCCCC2)cc1. The van der Waals surface area contributed by atoms with Crippen LogP contribution < -0.4 is 10.7 Å². The first-order valence-electron chi connectivity index (χ1n) is 11.9. The number of nitrogens with one attached hydrogen (secondary N) is 1. The van der Waals surface area contributed by atoms with E-state index in [2.05, 4.69) is 96.2 Å². The lowest BCUT2D eigenvalue weighted by Crippen LogP contribution is -2.52. The summed E-state index contributed by atoms with van der Waals surface area (Å²) in [5.41, 5.74) is 3.68. The fourth-order valence-corrected chi connectivity index (χ4v) is 5.73. The van der Waals surface area contributed by atoms with E-state index in [0.29, 0.717) is 12.0 Å². The molecule has 1 saturated carbocycles. The monoisotopic (exact) mass is 409 g/mol. The van der Waals surface area contributed by atoms with Crippen molar-refractivity contribution in [2.45, 2.75) is 56.6 Å². The molecule has 3 aromatic carbocycles. The van der Waals surface area contributed by atoms with E-state index < -0.39 is 0 Å². The average Bonchev–Trinajstić information content (AvgIpc) is 3.20. The van der Waals surface area contributed by atoms with Crippen molar-refractivity contribution < 1.29 is 4.65 Å². The van der Waals surface area contributed by atoms with Gasteiger partial charge in [-0.15, -0.1) is 0 Å². The van der Waals surface area contributed by atoms with Crippen LogP contribution in [0.4, 0.5) is 0 Å². The molecule has 3 heteroatoms. The second-order valence-electron chi connectivity index (χ2n) is 9.34. The summed E-state index contributed by atoms with van der Waals surface area (Å²) in [4.78, 5) is 0. The molecule has 1 atom stereocenters. The Hall–Kier alpha value is -2.36. The third-order valence-corrected chi connectivity index (χ3v) is 7.17. The van der Waals surface area contributed by atoms with Gasteiger partial charge in [-0.2, -0.15) is 0 Å². The van der Waals surface area contributed by atoms with E-state index in [1.54, 1.807) is 0 Å². The molecule has 1 aliphatic carbocycles. The average molecular weight is 409 g/mol. The van der Waals surface area contributed by atoms with Crippen molar-refractivity contribution >= 4 is 12.5 Å². The molecule has 3 aromatic rings. The zero-order valence-electron chi connectivity index (χ0n) is 18.3. The van der Waals surface area contributed by atoms with E-state index in [9.17, 15) is 0 Å². The second-order valence-corrected chi connectivity index (χ2v) is 9.34. The van der Waals surface area contributed by atoms with Crippen molar-refractivity contribution in [2.75, 3.05) is 0 Å². The predicted molar refractivity (Wildman–Crippen MR) is 129 cm³/mol. The van der Waals surface area contributed by atoms with Crippen molar-refractivity contribution in [1.82, 2.24) is 5.23 Å². The summed E-state index contributed by atoms with van der Waals surface area (Å²) in [6.07, 6.45) is 8.51. The highest BCUT2D eigenvalue weighted by atomic mass is 16.5. The molecule has 31 heavy (non-hydrogen) atoms. The molecule has 0 radical (unpaired) electrons. The van der Waals surface area contributed by atoms with E-state index in [1.807, 2.05) is 0 Å². The van der Waals surface area contributed by atoms with Gasteiger partial charge in [-0.3, -0.25) is 0 Å². The molecule has 158 valence electrons. The maximum atomic E-state index is 7.10. The summed E-state index contributed by atoms with van der Waals surface area (Å²) >= 11 is 0. The molecule has 1 N–H and O–H groups in total. The zero-order chi connectivity index (χ0) is 20.9. The Morgan fingerprint density at radius 1 is 0.710 bits per heavy atom. The van der Waals surface area contributed by atoms with Crippen molar-refractivity contribution in [1.29, 1.82) is 0 Å². The third-order valence-electron chi connectivity index (χ3n) is 7.17. The van der Waals surface area contributed by atoms with Gasteiger partial charge < -0.3 is 9.88 Å². The highest BCUT2D eigenvalue weighted by Gasteiger charge is 2.52. The van der Waals surface area contributed by atoms with Crippen LogP contribution in [-0.2, 0) is 17.5 Å². The summed E-state index contributed by atoms with van der Waals surface area (Å²) in [7, 11) is -0.0550. The van der Waals surface area contributed by atoms with E-state index in [1.165, 1.54) is 48.7 Å².